The van der Waals surface area contributed by atoms with Gasteiger partial charge in [0, 0.05) is 15.9 Å². The van der Waals surface area contributed by atoms with Crippen molar-refractivity contribution in [2.45, 2.75) is 26.7 Å². The number of carboxylic acid groups (broad SMARTS) is 1. The summed E-state index contributed by atoms with van der Waals surface area (Å²) in [7, 11) is 0. The van der Waals surface area contributed by atoms with E-state index in [9.17, 15) is 9.90 Å². The Morgan fingerprint density at radius 1 is 1.29 bits per heavy atom. The lowest BCUT2D eigenvalue weighted by molar-refractivity contribution is 0.0696. The number of aryl methyl sites for hydroxylation is 1. The lowest BCUT2D eigenvalue weighted by Crippen LogP contribution is -2.05. The predicted octanol–water partition coefficient (Wildman–Crippen LogP) is 4.72. The molecule has 0 saturated carbocycles. The number of carboxylic acids is 1. The third-order valence-electron chi connectivity index (χ3n) is 3.15. The summed E-state index contributed by atoms with van der Waals surface area (Å²) in [6.07, 6.45) is 0. The van der Waals surface area contributed by atoms with Crippen molar-refractivity contribution in [3.63, 3.8) is 0 Å². The maximum atomic E-state index is 11.2. The van der Waals surface area contributed by atoms with Crippen molar-refractivity contribution >= 4 is 33.4 Å². The van der Waals surface area contributed by atoms with Crippen molar-refractivity contribution in [1.29, 1.82) is 0 Å². The fraction of sp³-hybridized carbons (Fsp3) is 0.250. The number of benzene rings is 1. The van der Waals surface area contributed by atoms with Gasteiger partial charge < -0.3 is 10.4 Å². The van der Waals surface area contributed by atoms with Gasteiger partial charge in [-0.1, -0.05) is 35.8 Å². The van der Waals surface area contributed by atoms with Gasteiger partial charge in [0.1, 0.15) is 5.82 Å². The molecule has 0 aliphatic heterocycles. The van der Waals surface area contributed by atoms with Crippen molar-refractivity contribution in [2.75, 3.05) is 5.32 Å². The Kier molecular flexibility index (Phi) is 4.63. The van der Waals surface area contributed by atoms with Crippen molar-refractivity contribution in [3.05, 3.63) is 51.6 Å². The first-order valence-corrected chi connectivity index (χ1v) is 7.44. The van der Waals surface area contributed by atoms with Crippen LogP contribution in [0.2, 0.25) is 0 Å². The molecule has 1 aromatic carbocycles. The van der Waals surface area contributed by atoms with Crippen LogP contribution in [0.15, 0.2) is 34.8 Å². The molecule has 0 bridgehead atoms. The van der Waals surface area contributed by atoms with Crippen molar-refractivity contribution < 1.29 is 9.90 Å². The van der Waals surface area contributed by atoms with E-state index in [1.165, 1.54) is 0 Å². The molecule has 0 aliphatic carbocycles. The number of nitrogens with one attached hydrogen (secondary N) is 1. The molecule has 1 heterocycles. The zero-order valence-electron chi connectivity index (χ0n) is 12.1. The van der Waals surface area contributed by atoms with E-state index < -0.39 is 5.97 Å². The molecule has 0 aliphatic rings. The van der Waals surface area contributed by atoms with Crippen molar-refractivity contribution in [1.82, 2.24) is 4.98 Å². The van der Waals surface area contributed by atoms with Crippen LogP contribution in [0.3, 0.4) is 0 Å². The minimum absolute atomic E-state index is 0.161. The molecular weight excluding hydrogens is 332 g/mol. The van der Waals surface area contributed by atoms with Gasteiger partial charge in [-0.25, -0.2) is 9.78 Å². The minimum Gasteiger partial charge on any atom is -0.478 e. The summed E-state index contributed by atoms with van der Waals surface area (Å²) in [5.41, 5.74) is 2.95. The molecule has 2 N–H and O–H groups in total. The van der Waals surface area contributed by atoms with Crippen LogP contribution in [0.25, 0.3) is 0 Å². The molecule has 0 unspecified atom stereocenters. The zero-order valence-corrected chi connectivity index (χ0v) is 13.7. The Morgan fingerprint density at radius 2 is 2.00 bits per heavy atom. The number of nitrogens with zero attached hydrogens (tertiary/aromatic N) is 1. The Labute approximate surface area is 132 Å². The first-order chi connectivity index (χ1) is 9.86. The van der Waals surface area contributed by atoms with E-state index >= 15 is 0 Å². The molecule has 0 saturated heterocycles. The highest BCUT2D eigenvalue weighted by molar-refractivity contribution is 9.10. The molecule has 2 aromatic rings. The zero-order chi connectivity index (χ0) is 15.6. The van der Waals surface area contributed by atoms with Crippen LogP contribution >= 0.6 is 15.9 Å². The molecule has 1 aromatic heterocycles. The van der Waals surface area contributed by atoms with Gasteiger partial charge in [0.2, 0.25) is 0 Å². The third-order valence-corrected chi connectivity index (χ3v) is 3.64. The Balaban J connectivity index is 2.43. The maximum absolute atomic E-state index is 11.2. The number of halogens is 1. The Bertz CT molecular complexity index is 684. The van der Waals surface area contributed by atoms with E-state index in [0.717, 1.165) is 21.4 Å². The second-order valence-electron chi connectivity index (χ2n) is 5.21. The highest BCUT2D eigenvalue weighted by atomic mass is 79.9. The number of aromatic carboxylic acids is 1. The van der Waals surface area contributed by atoms with Crippen LogP contribution in [0.5, 0.6) is 0 Å². The number of pyridine rings is 1. The van der Waals surface area contributed by atoms with Crippen LogP contribution in [-0.2, 0) is 0 Å². The van der Waals surface area contributed by atoms with E-state index in [-0.39, 0.29) is 11.5 Å². The molecule has 0 spiro atoms. The highest BCUT2D eigenvalue weighted by Gasteiger charge is 2.11. The molecule has 5 heteroatoms. The summed E-state index contributed by atoms with van der Waals surface area (Å²) in [4.78, 5) is 15.7. The first kappa shape index (κ1) is 15.5. The van der Waals surface area contributed by atoms with Crippen molar-refractivity contribution in [3.8, 4) is 0 Å². The number of aromatic nitrogens is 1. The topological polar surface area (TPSA) is 62.2 Å². The average Bonchev–Trinajstić information content (AvgIpc) is 2.42. The summed E-state index contributed by atoms with van der Waals surface area (Å²) in [5, 5.41) is 12.4. The highest BCUT2D eigenvalue weighted by Crippen LogP contribution is 2.25. The Morgan fingerprint density at radius 3 is 2.62 bits per heavy atom. The maximum Gasteiger partial charge on any atom is 0.335 e. The van der Waals surface area contributed by atoms with Crippen molar-refractivity contribution in [2.24, 2.45) is 0 Å². The van der Waals surface area contributed by atoms with Crippen LogP contribution in [0.4, 0.5) is 11.5 Å². The van der Waals surface area contributed by atoms with Crippen LogP contribution in [0, 0.1) is 6.92 Å². The van der Waals surface area contributed by atoms with Gasteiger partial charge in [0.05, 0.1) is 5.56 Å². The van der Waals surface area contributed by atoms with Crippen LogP contribution in [-0.4, -0.2) is 16.1 Å². The van der Waals surface area contributed by atoms with E-state index in [1.54, 1.807) is 12.1 Å². The van der Waals surface area contributed by atoms with Gasteiger partial charge in [-0.05, 0) is 42.7 Å². The standard InChI is InChI=1S/C16H17BrN2O2/c1-9(2)13-6-11(16(20)21)7-15(18-13)19-14-8-12(17)5-4-10(14)3/h4-9H,1-3H3,(H,18,19)(H,20,21). The normalized spacial score (nSPS) is 10.7. The fourth-order valence-corrected chi connectivity index (χ4v) is 2.26. The van der Waals surface area contributed by atoms with E-state index in [1.807, 2.05) is 39.0 Å². The monoisotopic (exact) mass is 348 g/mol. The minimum atomic E-state index is -0.951. The van der Waals surface area contributed by atoms with E-state index in [2.05, 4.69) is 26.2 Å². The number of rotatable bonds is 4. The molecule has 0 fully saturated rings. The molecule has 0 radical (unpaired) electrons. The third kappa shape index (κ3) is 3.82. The molecule has 0 atom stereocenters. The van der Waals surface area contributed by atoms with Gasteiger partial charge in [-0.15, -0.1) is 0 Å². The first-order valence-electron chi connectivity index (χ1n) is 6.65. The number of hydrogen-bond acceptors (Lipinski definition) is 3. The van der Waals surface area contributed by atoms with Gasteiger partial charge >= 0.3 is 5.97 Å². The summed E-state index contributed by atoms with van der Waals surface area (Å²) in [6, 6.07) is 9.05. The second-order valence-corrected chi connectivity index (χ2v) is 6.13. The molecule has 2 rings (SSSR count). The van der Waals surface area contributed by atoms with Gasteiger partial charge in [-0.3, -0.25) is 0 Å². The van der Waals surface area contributed by atoms with E-state index in [0.29, 0.717) is 5.82 Å². The largest absolute Gasteiger partial charge is 0.478 e. The second kappa shape index (κ2) is 6.26. The number of carbonyl (C=O) groups is 1. The molecule has 4 nitrogen and oxygen atoms in total. The van der Waals surface area contributed by atoms with Gasteiger partial charge in [-0.2, -0.15) is 0 Å². The summed E-state index contributed by atoms with van der Waals surface area (Å²) in [5.74, 6) is -0.249. The molecule has 0 amide bonds. The Hall–Kier alpha value is -1.88. The lowest BCUT2D eigenvalue weighted by atomic mass is 10.1. The van der Waals surface area contributed by atoms with Gasteiger partial charge in [0.25, 0.3) is 0 Å². The summed E-state index contributed by atoms with van der Waals surface area (Å²) in [6.45, 7) is 5.96. The smallest absolute Gasteiger partial charge is 0.335 e. The van der Waals surface area contributed by atoms with Crippen LogP contribution < -0.4 is 5.32 Å². The average molecular weight is 349 g/mol. The summed E-state index contributed by atoms with van der Waals surface area (Å²) < 4.78 is 0.953. The van der Waals surface area contributed by atoms with Gasteiger partial charge in [0.15, 0.2) is 0 Å². The summed E-state index contributed by atoms with van der Waals surface area (Å²) >= 11 is 3.43. The molecule has 21 heavy (non-hydrogen) atoms. The fourth-order valence-electron chi connectivity index (χ4n) is 1.90. The molecular formula is C16H17BrN2O2. The number of anilines is 2. The lowest BCUT2D eigenvalue weighted by Gasteiger charge is -2.13. The quantitative estimate of drug-likeness (QED) is 0.839. The SMILES string of the molecule is Cc1ccc(Br)cc1Nc1cc(C(=O)O)cc(C(C)C)n1. The molecule has 110 valence electrons. The predicted molar refractivity (Wildman–Crippen MR) is 87.4 cm³/mol. The van der Waals surface area contributed by atoms with Crippen LogP contribution in [0.1, 0.15) is 41.4 Å². The van der Waals surface area contributed by atoms with E-state index in [4.69, 9.17) is 0 Å². The number of hydrogen-bond donors (Lipinski definition) is 2.